The number of halogens is 1. The number of para-hydroxylation sites is 2. The molecule has 0 unspecified atom stereocenters. The Hall–Kier alpha value is -2.77. The van der Waals surface area contributed by atoms with Crippen molar-refractivity contribution in [2.24, 2.45) is 5.73 Å². The van der Waals surface area contributed by atoms with E-state index in [1.165, 1.54) is 0 Å². The molecule has 2 aromatic carbocycles. The van der Waals surface area contributed by atoms with Crippen LogP contribution >= 0.6 is 12.4 Å². The van der Waals surface area contributed by atoms with Crippen LogP contribution in [0, 0.1) is 0 Å². The minimum atomic E-state index is -0.804. The third kappa shape index (κ3) is 5.85. The number of benzene rings is 2. The fraction of sp³-hybridized carbons (Fsp3) is 0.333. The van der Waals surface area contributed by atoms with Crippen LogP contribution in [0.15, 0.2) is 48.5 Å². The van der Waals surface area contributed by atoms with Gasteiger partial charge in [-0.2, -0.15) is 0 Å². The van der Waals surface area contributed by atoms with Gasteiger partial charge in [0.15, 0.2) is 18.1 Å². The highest BCUT2D eigenvalue weighted by Gasteiger charge is 2.36. The monoisotopic (exact) mass is 419 g/mol. The first-order valence-electron chi connectivity index (χ1n) is 9.26. The second-order valence-corrected chi connectivity index (χ2v) is 6.89. The average molecular weight is 420 g/mol. The number of nitrogens with one attached hydrogen (secondary N) is 2. The van der Waals surface area contributed by atoms with E-state index in [9.17, 15) is 9.59 Å². The van der Waals surface area contributed by atoms with Gasteiger partial charge < -0.3 is 25.8 Å². The van der Waals surface area contributed by atoms with E-state index in [0.29, 0.717) is 35.7 Å². The van der Waals surface area contributed by atoms with Crippen molar-refractivity contribution in [3.63, 3.8) is 0 Å². The largest absolute Gasteiger partial charge is 0.493 e. The van der Waals surface area contributed by atoms with Crippen LogP contribution in [0.3, 0.4) is 0 Å². The van der Waals surface area contributed by atoms with Gasteiger partial charge in [-0.15, -0.1) is 12.4 Å². The van der Waals surface area contributed by atoms with E-state index >= 15 is 0 Å². The minimum Gasteiger partial charge on any atom is -0.493 e. The molecule has 1 aliphatic rings. The molecule has 0 bridgehead atoms. The summed E-state index contributed by atoms with van der Waals surface area (Å²) in [6, 6.07) is 14.1. The van der Waals surface area contributed by atoms with Gasteiger partial charge >= 0.3 is 0 Å². The number of carbonyl (C=O) groups is 2. The van der Waals surface area contributed by atoms with Crippen molar-refractivity contribution in [1.29, 1.82) is 0 Å². The first-order valence-corrected chi connectivity index (χ1v) is 9.26. The fourth-order valence-electron chi connectivity index (χ4n) is 3.24. The molecule has 29 heavy (non-hydrogen) atoms. The Labute approximate surface area is 176 Å². The van der Waals surface area contributed by atoms with Crippen LogP contribution in [0.1, 0.15) is 25.7 Å². The van der Waals surface area contributed by atoms with Crippen LogP contribution in [0.25, 0.3) is 0 Å². The first-order chi connectivity index (χ1) is 13.5. The van der Waals surface area contributed by atoms with E-state index < -0.39 is 5.54 Å². The number of hydrogen-bond donors (Lipinski definition) is 3. The molecule has 156 valence electrons. The topological polar surface area (TPSA) is 103 Å². The molecule has 0 saturated heterocycles. The van der Waals surface area contributed by atoms with E-state index in [4.69, 9.17) is 15.2 Å². The lowest BCUT2D eigenvalue weighted by molar-refractivity contribution is -0.121. The van der Waals surface area contributed by atoms with Crippen LogP contribution < -0.4 is 25.8 Å². The molecular weight excluding hydrogens is 394 g/mol. The van der Waals surface area contributed by atoms with Crippen LogP contribution in [0.5, 0.6) is 11.5 Å². The molecule has 2 amide bonds. The maximum absolute atomic E-state index is 12.4. The highest BCUT2D eigenvalue weighted by molar-refractivity contribution is 5.99. The SMILES string of the molecule is COc1ccccc1OCC(=O)Nc1cccc(NC(=O)C2(N)CCCC2)c1.Cl. The summed E-state index contributed by atoms with van der Waals surface area (Å²) >= 11 is 0. The van der Waals surface area contributed by atoms with Crippen LogP contribution in [0.2, 0.25) is 0 Å². The van der Waals surface area contributed by atoms with E-state index in [-0.39, 0.29) is 30.8 Å². The lowest BCUT2D eigenvalue weighted by atomic mass is 9.98. The van der Waals surface area contributed by atoms with Crippen LogP contribution in [0.4, 0.5) is 11.4 Å². The zero-order valence-corrected chi connectivity index (χ0v) is 17.1. The van der Waals surface area contributed by atoms with E-state index in [1.54, 1.807) is 49.6 Å². The number of nitrogens with two attached hydrogens (primary N) is 1. The molecule has 3 rings (SSSR count). The van der Waals surface area contributed by atoms with E-state index in [2.05, 4.69) is 10.6 Å². The molecule has 2 aromatic rings. The van der Waals surface area contributed by atoms with Crippen molar-refractivity contribution in [3.05, 3.63) is 48.5 Å². The van der Waals surface area contributed by atoms with Gasteiger partial charge in [0.05, 0.1) is 12.6 Å². The van der Waals surface area contributed by atoms with Gasteiger partial charge in [0, 0.05) is 11.4 Å². The zero-order valence-electron chi connectivity index (χ0n) is 16.3. The maximum atomic E-state index is 12.4. The van der Waals surface area contributed by atoms with Gasteiger partial charge in [0.1, 0.15) is 0 Å². The van der Waals surface area contributed by atoms with Crippen molar-refractivity contribution >= 4 is 35.6 Å². The Balaban J connectivity index is 0.00000300. The summed E-state index contributed by atoms with van der Waals surface area (Å²) in [4.78, 5) is 24.6. The highest BCUT2D eigenvalue weighted by Crippen LogP contribution is 2.29. The van der Waals surface area contributed by atoms with Crippen LogP contribution in [-0.4, -0.2) is 31.1 Å². The van der Waals surface area contributed by atoms with Gasteiger partial charge in [-0.1, -0.05) is 31.0 Å². The quantitative estimate of drug-likeness (QED) is 0.638. The standard InChI is InChI=1S/C21H25N3O4.ClH/c1-27-17-9-2-3-10-18(17)28-14-19(25)23-15-7-6-8-16(13-15)24-20(26)21(22)11-4-5-12-21;/h2-3,6-10,13H,4-5,11-12,14,22H2,1H3,(H,23,25)(H,24,26);1H. The van der Waals surface area contributed by atoms with Crippen molar-refractivity contribution in [2.75, 3.05) is 24.4 Å². The van der Waals surface area contributed by atoms with Crippen molar-refractivity contribution in [1.82, 2.24) is 0 Å². The summed E-state index contributed by atoms with van der Waals surface area (Å²) in [6.45, 7) is -0.164. The fourth-order valence-corrected chi connectivity index (χ4v) is 3.24. The Morgan fingerprint density at radius 2 is 1.62 bits per heavy atom. The van der Waals surface area contributed by atoms with Gasteiger partial charge in [0.2, 0.25) is 5.91 Å². The molecule has 1 aliphatic carbocycles. The van der Waals surface area contributed by atoms with E-state index in [0.717, 1.165) is 12.8 Å². The molecule has 7 nitrogen and oxygen atoms in total. The van der Waals surface area contributed by atoms with Gasteiger partial charge in [0.25, 0.3) is 5.91 Å². The highest BCUT2D eigenvalue weighted by atomic mass is 35.5. The second-order valence-electron chi connectivity index (χ2n) is 6.89. The predicted molar refractivity (Wildman–Crippen MR) is 115 cm³/mol. The molecule has 0 spiro atoms. The Bertz CT molecular complexity index is 853. The number of amides is 2. The lowest BCUT2D eigenvalue weighted by Crippen LogP contribution is -2.48. The summed E-state index contributed by atoms with van der Waals surface area (Å²) in [5.41, 5.74) is 6.52. The Morgan fingerprint density at radius 3 is 2.28 bits per heavy atom. The Kier molecular flexibility index (Phi) is 7.87. The lowest BCUT2D eigenvalue weighted by Gasteiger charge is -2.22. The molecule has 1 fully saturated rings. The molecule has 1 saturated carbocycles. The van der Waals surface area contributed by atoms with Gasteiger partial charge in [-0.05, 0) is 43.2 Å². The first kappa shape index (κ1) is 22.5. The van der Waals surface area contributed by atoms with Gasteiger partial charge in [-0.25, -0.2) is 0 Å². The summed E-state index contributed by atoms with van der Waals surface area (Å²) in [7, 11) is 1.54. The molecule has 0 atom stereocenters. The van der Waals surface area contributed by atoms with Crippen molar-refractivity contribution in [2.45, 2.75) is 31.2 Å². The maximum Gasteiger partial charge on any atom is 0.262 e. The number of carbonyl (C=O) groups excluding carboxylic acids is 2. The minimum absolute atomic E-state index is 0. The predicted octanol–water partition coefficient (Wildman–Crippen LogP) is 3.34. The Morgan fingerprint density at radius 1 is 1.00 bits per heavy atom. The van der Waals surface area contributed by atoms with Crippen LogP contribution in [-0.2, 0) is 9.59 Å². The van der Waals surface area contributed by atoms with Crippen molar-refractivity contribution in [3.8, 4) is 11.5 Å². The zero-order chi connectivity index (χ0) is 20.0. The molecular formula is C21H26ClN3O4. The number of methoxy groups -OCH3 is 1. The summed E-state index contributed by atoms with van der Waals surface area (Å²) in [5.74, 6) is 0.544. The third-order valence-electron chi connectivity index (χ3n) is 4.78. The molecule has 0 aromatic heterocycles. The molecule has 4 N–H and O–H groups in total. The number of rotatable bonds is 7. The smallest absolute Gasteiger partial charge is 0.262 e. The van der Waals surface area contributed by atoms with E-state index in [1.807, 2.05) is 6.07 Å². The summed E-state index contributed by atoms with van der Waals surface area (Å²) in [5, 5.41) is 5.60. The average Bonchev–Trinajstić information content (AvgIpc) is 3.15. The third-order valence-corrected chi connectivity index (χ3v) is 4.78. The normalized spacial score (nSPS) is 14.4. The van der Waals surface area contributed by atoms with Gasteiger partial charge in [-0.3, -0.25) is 9.59 Å². The number of anilines is 2. The summed E-state index contributed by atoms with van der Waals surface area (Å²) < 4.78 is 10.7. The molecule has 0 aliphatic heterocycles. The number of hydrogen-bond acceptors (Lipinski definition) is 5. The molecule has 0 radical (unpaired) electrons. The summed E-state index contributed by atoms with van der Waals surface area (Å²) in [6.07, 6.45) is 3.31. The second kappa shape index (κ2) is 10.1. The van der Waals surface area contributed by atoms with Crippen molar-refractivity contribution < 1.29 is 19.1 Å². The number of ether oxygens (including phenoxy) is 2. The molecule has 8 heteroatoms. The molecule has 0 heterocycles.